The summed E-state index contributed by atoms with van der Waals surface area (Å²) in [4.78, 5) is 58.0. The van der Waals surface area contributed by atoms with E-state index in [1.807, 2.05) is 38.1 Å². The Bertz CT molecular complexity index is 1630. The molecule has 1 spiro atoms. The Morgan fingerprint density at radius 2 is 1.55 bits per heavy atom. The third-order valence-corrected chi connectivity index (χ3v) is 9.40. The molecule has 3 aromatic carbocycles. The van der Waals surface area contributed by atoms with Crippen LogP contribution in [-0.4, -0.2) is 66.7 Å². The van der Waals surface area contributed by atoms with Crippen LogP contribution < -0.4 is 19.1 Å². The number of carbonyl (C=O) groups excluding carboxylic acids is 4. The largest absolute Gasteiger partial charge is 0.493 e. The number of methoxy groups -OCH3 is 3. The van der Waals surface area contributed by atoms with Gasteiger partial charge in [0.25, 0.3) is 17.7 Å². The van der Waals surface area contributed by atoms with Crippen molar-refractivity contribution in [2.24, 2.45) is 0 Å². The molecule has 3 heterocycles. The minimum Gasteiger partial charge on any atom is -0.493 e. The van der Waals surface area contributed by atoms with E-state index in [1.54, 1.807) is 30.3 Å². The second-order valence-electron chi connectivity index (χ2n) is 10.4. The summed E-state index contributed by atoms with van der Waals surface area (Å²) in [5.74, 6) is -0.0836. The van der Waals surface area contributed by atoms with Gasteiger partial charge < -0.3 is 14.2 Å². The molecule has 0 aliphatic carbocycles. The number of rotatable bonds is 6. The van der Waals surface area contributed by atoms with Crippen LogP contribution >= 0.6 is 11.8 Å². The number of amides is 5. The normalized spacial score (nSPS) is 20.8. The van der Waals surface area contributed by atoms with E-state index in [2.05, 4.69) is 0 Å². The van der Waals surface area contributed by atoms with E-state index in [4.69, 9.17) is 14.2 Å². The van der Waals surface area contributed by atoms with Gasteiger partial charge in [0.15, 0.2) is 16.4 Å². The molecule has 0 radical (unpaired) electrons. The zero-order valence-corrected chi connectivity index (χ0v) is 24.6. The van der Waals surface area contributed by atoms with Crippen LogP contribution in [0.1, 0.15) is 32.6 Å². The lowest BCUT2D eigenvalue weighted by Crippen LogP contribution is -2.52. The summed E-state index contributed by atoms with van der Waals surface area (Å²) in [6.07, 6.45) is 0. The zero-order chi connectivity index (χ0) is 29.9. The second-order valence-corrected chi connectivity index (χ2v) is 11.6. The number of urea groups is 1. The summed E-state index contributed by atoms with van der Waals surface area (Å²) >= 11 is 1.21. The van der Waals surface area contributed by atoms with E-state index in [1.165, 1.54) is 38.0 Å². The number of benzene rings is 3. The molecule has 0 N–H and O–H groups in total. The van der Waals surface area contributed by atoms with Crippen LogP contribution in [0.5, 0.6) is 17.2 Å². The van der Waals surface area contributed by atoms with Gasteiger partial charge >= 0.3 is 6.03 Å². The smallest absolute Gasteiger partial charge is 0.329 e. The van der Waals surface area contributed by atoms with Crippen LogP contribution in [0.25, 0.3) is 0 Å². The predicted molar refractivity (Wildman–Crippen MR) is 156 cm³/mol. The summed E-state index contributed by atoms with van der Waals surface area (Å²) in [6, 6.07) is 14.2. The van der Waals surface area contributed by atoms with Gasteiger partial charge in [-0.2, -0.15) is 0 Å². The molecule has 10 nitrogen and oxygen atoms in total. The van der Waals surface area contributed by atoms with Gasteiger partial charge in [0.2, 0.25) is 5.75 Å². The second kappa shape index (κ2) is 10.1. The zero-order valence-electron chi connectivity index (χ0n) is 23.8. The van der Waals surface area contributed by atoms with Crippen molar-refractivity contribution in [3.8, 4) is 17.2 Å². The molecule has 0 unspecified atom stereocenters. The first-order valence-electron chi connectivity index (χ1n) is 13.3. The van der Waals surface area contributed by atoms with Gasteiger partial charge in [0, 0.05) is 16.9 Å². The van der Waals surface area contributed by atoms with Crippen molar-refractivity contribution in [3.05, 3.63) is 82.4 Å². The maximum atomic E-state index is 14.4. The number of aryl methyl sites for hydroxylation is 2. The van der Waals surface area contributed by atoms with Crippen LogP contribution in [0.2, 0.25) is 0 Å². The third-order valence-electron chi connectivity index (χ3n) is 7.91. The van der Waals surface area contributed by atoms with Gasteiger partial charge in [-0.15, -0.1) is 11.8 Å². The number of nitrogens with zero attached hydrogens (tertiary/aromatic N) is 3. The minimum atomic E-state index is -1.55. The lowest BCUT2D eigenvalue weighted by atomic mass is 10.0. The van der Waals surface area contributed by atoms with E-state index >= 15 is 0 Å². The predicted octanol–water partition coefficient (Wildman–Crippen LogP) is 4.25. The van der Waals surface area contributed by atoms with Crippen LogP contribution in [0.4, 0.5) is 10.5 Å². The lowest BCUT2D eigenvalue weighted by Gasteiger charge is -2.32. The molecule has 2 atom stereocenters. The van der Waals surface area contributed by atoms with Crippen molar-refractivity contribution in [3.63, 3.8) is 0 Å². The van der Waals surface area contributed by atoms with Gasteiger partial charge in [0.1, 0.15) is 6.04 Å². The summed E-state index contributed by atoms with van der Waals surface area (Å²) in [5.41, 5.74) is 3.71. The van der Waals surface area contributed by atoms with Crippen LogP contribution in [-0.2, 0) is 21.0 Å². The fraction of sp³-hybridized carbons (Fsp3) is 0.290. The Hall–Kier alpha value is -4.51. The minimum absolute atomic E-state index is 0.0665. The average molecular weight is 588 g/mol. The van der Waals surface area contributed by atoms with Gasteiger partial charge in [-0.25, -0.2) is 9.69 Å². The topological polar surface area (TPSA) is 106 Å². The van der Waals surface area contributed by atoms with Crippen molar-refractivity contribution in [1.82, 2.24) is 9.80 Å². The molecule has 0 bridgehead atoms. The van der Waals surface area contributed by atoms with Crippen molar-refractivity contribution in [1.29, 1.82) is 0 Å². The monoisotopic (exact) mass is 587 g/mol. The standard InChI is InChI=1S/C31H29N3O7S/c1-17-6-9-20(10-7-17)27(35)33-22-11-8-18(2)12-21(22)31(29(33)37)34-23(16-42-31)28(36)32(30(34)38)15-19-13-24(39-3)26(41-5)25(14-19)40-4/h6-14,23H,15-16H2,1-5H3/t23-,31+/m0/s1. The highest BCUT2D eigenvalue weighted by Gasteiger charge is 2.68. The van der Waals surface area contributed by atoms with Crippen LogP contribution in [0, 0.1) is 13.8 Å². The quantitative estimate of drug-likeness (QED) is 0.312. The fourth-order valence-corrected chi connectivity index (χ4v) is 7.43. The molecule has 6 rings (SSSR count). The molecule has 11 heteroatoms. The summed E-state index contributed by atoms with van der Waals surface area (Å²) in [5, 5.41) is 0. The van der Waals surface area contributed by atoms with Crippen molar-refractivity contribution >= 4 is 41.2 Å². The molecule has 42 heavy (non-hydrogen) atoms. The maximum Gasteiger partial charge on any atom is 0.329 e. The van der Waals surface area contributed by atoms with E-state index in [0.717, 1.165) is 20.9 Å². The third kappa shape index (κ3) is 3.87. The number of hydrogen-bond donors (Lipinski definition) is 0. The highest BCUT2D eigenvalue weighted by Crippen LogP contribution is 2.58. The van der Waals surface area contributed by atoms with E-state index in [9.17, 15) is 19.2 Å². The molecule has 2 saturated heterocycles. The SMILES string of the molecule is COc1cc(CN2C(=O)[C@@H]3CS[C@]4(C(=O)N(C(=O)c5ccc(C)cc5)c5ccc(C)cc54)N3C2=O)cc(OC)c1OC. The number of imide groups is 2. The first-order chi connectivity index (χ1) is 20.2. The number of ether oxygens (including phenoxy) is 3. The van der Waals surface area contributed by atoms with Crippen LogP contribution in [0.3, 0.4) is 0 Å². The summed E-state index contributed by atoms with van der Waals surface area (Å²) in [7, 11) is 4.46. The average Bonchev–Trinajstić information content (AvgIpc) is 3.58. The highest BCUT2D eigenvalue weighted by atomic mass is 32.2. The number of fused-ring (bicyclic) bond motifs is 4. The Morgan fingerprint density at radius 3 is 2.17 bits per heavy atom. The molecular weight excluding hydrogens is 558 g/mol. The number of thioether (sulfide) groups is 1. The Morgan fingerprint density at radius 1 is 0.905 bits per heavy atom. The van der Waals surface area contributed by atoms with Gasteiger partial charge in [-0.1, -0.05) is 35.4 Å². The molecule has 0 saturated carbocycles. The van der Waals surface area contributed by atoms with Gasteiger partial charge in [0.05, 0.1) is 33.6 Å². The van der Waals surface area contributed by atoms with Gasteiger partial charge in [-0.3, -0.25) is 24.2 Å². The van der Waals surface area contributed by atoms with Crippen molar-refractivity contribution in [2.45, 2.75) is 31.3 Å². The first-order valence-corrected chi connectivity index (χ1v) is 14.3. The molecular formula is C31H29N3O7S. The molecule has 3 aromatic rings. The lowest BCUT2D eigenvalue weighted by molar-refractivity contribution is -0.128. The molecule has 216 valence electrons. The Labute approximate surface area is 247 Å². The Balaban J connectivity index is 1.40. The fourth-order valence-electron chi connectivity index (χ4n) is 5.86. The van der Waals surface area contributed by atoms with E-state index < -0.39 is 34.7 Å². The van der Waals surface area contributed by atoms with Crippen molar-refractivity contribution < 1.29 is 33.4 Å². The maximum absolute atomic E-state index is 14.4. The number of hydrogen-bond acceptors (Lipinski definition) is 8. The number of anilines is 1. The first kappa shape index (κ1) is 27.6. The molecule has 0 aromatic heterocycles. The molecule has 3 aliphatic rings. The van der Waals surface area contributed by atoms with Crippen molar-refractivity contribution in [2.75, 3.05) is 32.0 Å². The summed E-state index contributed by atoms with van der Waals surface area (Å²) < 4.78 is 16.3. The molecule has 5 amide bonds. The van der Waals surface area contributed by atoms with E-state index in [-0.39, 0.29) is 12.3 Å². The highest BCUT2D eigenvalue weighted by molar-refractivity contribution is 8.01. The molecule has 3 aliphatic heterocycles. The van der Waals surface area contributed by atoms with Gasteiger partial charge in [-0.05, 0) is 49.7 Å². The van der Waals surface area contributed by atoms with Crippen LogP contribution in [0.15, 0.2) is 54.6 Å². The molecule has 2 fully saturated rings. The van der Waals surface area contributed by atoms with E-state index in [0.29, 0.717) is 39.6 Å². The Kier molecular flexibility index (Phi) is 6.64. The summed E-state index contributed by atoms with van der Waals surface area (Å²) in [6.45, 7) is 3.73. The number of carbonyl (C=O) groups is 4.